The molecule has 0 bridgehead atoms. The van der Waals surface area contributed by atoms with Crippen molar-refractivity contribution < 1.29 is 14.6 Å². The van der Waals surface area contributed by atoms with Crippen LogP contribution in [0.3, 0.4) is 0 Å². The monoisotopic (exact) mass is 298 g/mol. The van der Waals surface area contributed by atoms with Crippen molar-refractivity contribution >= 4 is 21.9 Å². The number of hydrogen-bond acceptors (Lipinski definition) is 2. The van der Waals surface area contributed by atoms with Gasteiger partial charge in [0.15, 0.2) is 0 Å². The molecule has 1 fully saturated rings. The Morgan fingerprint density at radius 3 is 2.65 bits per heavy atom. The number of rotatable bonds is 4. The van der Waals surface area contributed by atoms with Gasteiger partial charge in [-0.1, -0.05) is 6.07 Å². The fourth-order valence-corrected chi connectivity index (χ4v) is 2.88. The standard InChI is InChI=1S/C13H15BrO3/c1-8-9(3-4-10(17-2)12(8)14)13(5-6-13)7-11(15)16/h3-4H,5-7H2,1-2H3,(H,15,16). The average molecular weight is 299 g/mol. The van der Waals surface area contributed by atoms with Crippen LogP contribution in [-0.2, 0) is 10.2 Å². The van der Waals surface area contributed by atoms with Crippen molar-refractivity contribution in [3.05, 3.63) is 27.7 Å². The summed E-state index contributed by atoms with van der Waals surface area (Å²) in [5.74, 6) is 0.0613. The number of hydrogen-bond donors (Lipinski definition) is 1. The van der Waals surface area contributed by atoms with Crippen LogP contribution in [0, 0.1) is 6.92 Å². The molecule has 0 spiro atoms. The molecule has 1 saturated carbocycles. The van der Waals surface area contributed by atoms with Crippen LogP contribution in [0.2, 0.25) is 0 Å². The van der Waals surface area contributed by atoms with Crippen molar-refractivity contribution in [2.24, 2.45) is 0 Å². The highest BCUT2D eigenvalue weighted by Crippen LogP contribution is 2.53. The van der Waals surface area contributed by atoms with E-state index in [1.54, 1.807) is 7.11 Å². The molecule has 2 rings (SSSR count). The normalized spacial score (nSPS) is 16.6. The zero-order valence-corrected chi connectivity index (χ0v) is 11.5. The molecule has 92 valence electrons. The van der Waals surface area contributed by atoms with Crippen LogP contribution in [0.1, 0.15) is 30.4 Å². The lowest BCUT2D eigenvalue weighted by atomic mass is 9.89. The lowest BCUT2D eigenvalue weighted by Gasteiger charge is -2.18. The van der Waals surface area contributed by atoms with Crippen LogP contribution in [-0.4, -0.2) is 18.2 Å². The lowest BCUT2D eigenvalue weighted by Crippen LogP contribution is -2.14. The Hall–Kier alpha value is -1.03. The number of carbonyl (C=O) groups is 1. The molecule has 3 nitrogen and oxygen atoms in total. The largest absolute Gasteiger partial charge is 0.496 e. The van der Waals surface area contributed by atoms with Crippen LogP contribution in [0.25, 0.3) is 0 Å². The summed E-state index contributed by atoms with van der Waals surface area (Å²) in [7, 11) is 1.63. The maximum absolute atomic E-state index is 10.9. The second-order valence-corrected chi connectivity index (χ2v) is 5.40. The van der Waals surface area contributed by atoms with Crippen molar-refractivity contribution in [1.82, 2.24) is 0 Å². The molecular formula is C13H15BrO3. The van der Waals surface area contributed by atoms with Gasteiger partial charge in [-0.3, -0.25) is 4.79 Å². The van der Waals surface area contributed by atoms with E-state index in [2.05, 4.69) is 15.9 Å². The zero-order chi connectivity index (χ0) is 12.6. The summed E-state index contributed by atoms with van der Waals surface area (Å²) >= 11 is 3.51. The average Bonchev–Trinajstić information content (AvgIpc) is 3.01. The van der Waals surface area contributed by atoms with E-state index in [0.717, 1.165) is 34.2 Å². The fraction of sp³-hybridized carbons (Fsp3) is 0.462. The second kappa shape index (κ2) is 4.33. The third kappa shape index (κ3) is 2.18. The van der Waals surface area contributed by atoms with E-state index in [1.807, 2.05) is 19.1 Å². The molecule has 1 aromatic carbocycles. The molecule has 1 N–H and O–H groups in total. The van der Waals surface area contributed by atoms with Gasteiger partial charge in [-0.15, -0.1) is 0 Å². The number of ether oxygens (including phenoxy) is 1. The van der Waals surface area contributed by atoms with Crippen LogP contribution in [0.15, 0.2) is 16.6 Å². The summed E-state index contributed by atoms with van der Waals surface area (Å²) in [6, 6.07) is 3.89. The van der Waals surface area contributed by atoms with Gasteiger partial charge in [-0.05, 0) is 52.9 Å². The van der Waals surface area contributed by atoms with Crippen molar-refractivity contribution in [1.29, 1.82) is 0 Å². The maximum atomic E-state index is 10.9. The van der Waals surface area contributed by atoms with E-state index in [-0.39, 0.29) is 11.8 Å². The summed E-state index contributed by atoms with van der Waals surface area (Å²) in [4.78, 5) is 10.9. The number of benzene rings is 1. The quantitative estimate of drug-likeness (QED) is 0.928. The molecule has 0 aliphatic heterocycles. The Morgan fingerprint density at radius 1 is 1.53 bits per heavy atom. The molecular weight excluding hydrogens is 284 g/mol. The minimum Gasteiger partial charge on any atom is -0.496 e. The molecule has 17 heavy (non-hydrogen) atoms. The van der Waals surface area contributed by atoms with E-state index in [4.69, 9.17) is 9.84 Å². The molecule has 0 saturated heterocycles. The molecule has 0 atom stereocenters. The number of carboxylic acid groups (broad SMARTS) is 1. The molecule has 0 amide bonds. The third-order valence-electron chi connectivity index (χ3n) is 3.49. The first kappa shape index (κ1) is 12.4. The van der Waals surface area contributed by atoms with Gasteiger partial charge >= 0.3 is 5.97 Å². The molecule has 1 aliphatic rings. The highest BCUT2D eigenvalue weighted by molar-refractivity contribution is 9.10. The van der Waals surface area contributed by atoms with Gasteiger partial charge in [0.2, 0.25) is 0 Å². The van der Waals surface area contributed by atoms with Gasteiger partial charge in [0.1, 0.15) is 5.75 Å². The van der Waals surface area contributed by atoms with E-state index in [1.165, 1.54) is 0 Å². The summed E-state index contributed by atoms with van der Waals surface area (Å²) < 4.78 is 6.16. The minimum atomic E-state index is -0.728. The molecule has 0 radical (unpaired) electrons. The van der Waals surface area contributed by atoms with E-state index in [0.29, 0.717) is 0 Å². The summed E-state index contributed by atoms with van der Waals surface area (Å²) in [6.45, 7) is 2.00. The highest BCUT2D eigenvalue weighted by Gasteiger charge is 2.47. The lowest BCUT2D eigenvalue weighted by molar-refractivity contribution is -0.137. The smallest absolute Gasteiger partial charge is 0.304 e. The Morgan fingerprint density at radius 2 is 2.18 bits per heavy atom. The van der Waals surface area contributed by atoms with Gasteiger partial charge in [0.05, 0.1) is 18.0 Å². The molecule has 0 aromatic heterocycles. The Kier molecular flexibility index (Phi) is 3.17. The SMILES string of the molecule is COc1ccc(C2(CC(=O)O)CC2)c(C)c1Br. The summed E-state index contributed by atoms with van der Waals surface area (Å²) in [5, 5.41) is 8.97. The van der Waals surface area contributed by atoms with Gasteiger partial charge in [0.25, 0.3) is 0 Å². The Labute approximate surface area is 109 Å². The molecule has 0 unspecified atom stereocenters. The highest BCUT2D eigenvalue weighted by atomic mass is 79.9. The minimum absolute atomic E-state index is 0.148. The van der Waals surface area contributed by atoms with Gasteiger partial charge in [-0.2, -0.15) is 0 Å². The predicted octanol–water partition coefficient (Wildman–Crippen LogP) is 3.27. The zero-order valence-electron chi connectivity index (χ0n) is 9.92. The predicted molar refractivity (Wildman–Crippen MR) is 68.6 cm³/mol. The van der Waals surface area contributed by atoms with Crippen molar-refractivity contribution in [3.63, 3.8) is 0 Å². The third-order valence-corrected chi connectivity index (χ3v) is 4.47. The van der Waals surface area contributed by atoms with Gasteiger partial charge < -0.3 is 9.84 Å². The maximum Gasteiger partial charge on any atom is 0.304 e. The Bertz CT molecular complexity index is 464. The van der Waals surface area contributed by atoms with E-state index < -0.39 is 5.97 Å². The van der Waals surface area contributed by atoms with Crippen molar-refractivity contribution in [3.8, 4) is 5.75 Å². The first-order chi connectivity index (χ1) is 8.00. The first-order valence-electron chi connectivity index (χ1n) is 5.55. The van der Waals surface area contributed by atoms with Crippen molar-refractivity contribution in [2.45, 2.75) is 31.6 Å². The first-order valence-corrected chi connectivity index (χ1v) is 6.35. The molecule has 1 aliphatic carbocycles. The number of carboxylic acids is 1. The molecule has 4 heteroatoms. The topological polar surface area (TPSA) is 46.5 Å². The van der Waals surface area contributed by atoms with Crippen molar-refractivity contribution in [2.75, 3.05) is 7.11 Å². The van der Waals surface area contributed by atoms with Gasteiger partial charge in [-0.25, -0.2) is 0 Å². The number of methoxy groups -OCH3 is 1. The Balaban J connectivity index is 2.40. The van der Waals surface area contributed by atoms with Crippen LogP contribution in [0.4, 0.5) is 0 Å². The number of aliphatic carboxylic acids is 1. The molecule has 1 aromatic rings. The van der Waals surface area contributed by atoms with Gasteiger partial charge in [0, 0.05) is 5.41 Å². The fourth-order valence-electron chi connectivity index (χ4n) is 2.37. The van der Waals surface area contributed by atoms with E-state index >= 15 is 0 Å². The van der Waals surface area contributed by atoms with Crippen LogP contribution >= 0.6 is 15.9 Å². The van der Waals surface area contributed by atoms with Crippen LogP contribution in [0.5, 0.6) is 5.75 Å². The molecule has 0 heterocycles. The second-order valence-electron chi connectivity index (χ2n) is 4.61. The van der Waals surface area contributed by atoms with E-state index in [9.17, 15) is 4.79 Å². The summed E-state index contributed by atoms with van der Waals surface area (Å²) in [6.07, 6.45) is 2.13. The van der Waals surface area contributed by atoms with Crippen LogP contribution < -0.4 is 4.74 Å². The summed E-state index contributed by atoms with van der Waals surface area (Å²) in [5.41, 5.74) is 2.07. The number of halogens is 1.